The van der Waals surface area contributed by atoms with Gasteiger partial charge < -0.3 is 5.32 Å². The van der Waals surface area contributed by atoms with Crippen molar-refractivity contribution < 1.29 is 0 Å². The number of anilines is 1. The molecule has 0 saturated carbocycles. The number of rotatable bonds is 2. The Kier molecular flexibility index (Phi) is 2.87. The summed E-state index contributed by atoms with van der Waals surface area (Å²) in [4.78, 5) is 3.98. The van der Waals surface area contributed by atoms with Crippen LogP contribution in [0.25, 0.3) is 0 Å². The molecule has 0 bridgehead atoms. The molecule has 0 unspecified atom stereocenters. The Morgan fingerprint density at radius 2 is 2.45 bits per heavy atom. The summed E-state index contributed by atoms with van der Waals surface area (Å²) in [5.74, 6) is 0. The lowest BCUT2D eigenvalue weighted by Crippen LogP contribution is -1.97. The zero-order valence-corrected chi connectivity index (χ0v) is 7.30. The Labute approximate surface area is 73.2 Å². The summed E-state index contributed by atoms with van der Waals surface area (Å²) < 4.78 is 0.792. The summed E-state index contributed by atoms with van der Waals surface area (Å²) in [6.07, 6.45) is 1.67. The molecule has 0 aliphatic rings. The molecule has 0 spiro atoms. The van der Waals surface area contributed by atoms with Crippen molar-refractivity contribution in [1.29, 1.82) is 5.26 Å². The molecule has 1 heterocycles. The van der Waals surface area contributed by atoms with Crippen LogP contribution >= 0.6 is 15.9 Å². The van der Waals surface area contributed by atoms with E-state index in [0.29, 0.717) is 6.54 Å². The maximum absolute atomic E-state index is 8.24. The highest BCUT2D eigenvalue weighted by Gasteiger charge is 1.89. The van der Waals surface area contributed by atoms with Crippen LogP contribution in [0.3, 0.4) is 0 Å². The predicted molar refractivity (Wildman–Crippen MR) is 46.0 cm³/mol. The Morgan fingerprint density at radius 3 is 3.00 bits per heavy atom. The molecule has 3 nitrogen and oxygen atoms in total. The highest BCUT2D eigenvalue weighted by Crippen LogP contribution is 2.09. The first-order valence-corrected chi connectivity index (χ1v) is 3.84. The van der Waals surface area contributed by atoms with Gasteiger partial charge in [-0.15, -0.1) is 0 Å². The Hall–Kier alpha value is -1.08. The molecule has 0 aromatic carbocycles. The largest absolute Gasteiger partial charge is 0.371 e. The van der Waals surface area contributed by atoms with Gasteiger partial charge in [0.15, 0.2) is 0 Å². The van der Waals surface area contributed by atoms with Crippen molar-refractivity contribution >= 4 is 21.6 Å². The Morgan fingerprint density at radius 1 is 1.64 bits per heavy atom. The average Bonchev–Trinajstić information content (AvgIpc) is 2.04. The zero-order valence-electron chi connectivity index (χ0n) is 5.71. The number of halogens is 1. The van der Waals surface area contributed by atoms with Gasteiger partial charge in [-0.2, -0.15) is 5.26 Å². The number of hydrogen-bond donors (Lipinski definition) is 1. The van der Waals surface area contributed by atoms with Crippen molar-refractivity contribution in [3.8, 4) is 6.07 Å². The van der Waals surface area contributed by atoms with Crippen LogP contribution < -0.4 is 5.32 Å². The van der Waals surface area contributed by atoms with E-state index in [9.17, 15) is 0 Å². The van der Waals surface area contributed by atoms with E-state index in [1.807, 2.05) is 18.2 Å². The molecule has 56 valence electrons. The van der Waals surface area contributed by atoms with Crippen molar-refractivity contribution in [2.75, 3.05) is 11.9 Å². The first-order chi connectivity index (χ1) is 5.33. The van der Waals surface area contributed by atoms with Crippen molar-refractivity contribution in [2.24, 2.45) is 0 Å². The third-order valence-corrected chi connectivity index (χ3v) is 1.57. The van der Waals surface area contributed by atoms with Gasteiger partial charge in [0.05, 0.1) is 18.0 Å². The lowest BCUT2D eigenvalue weighted by Gasteiger charge is -1.98. The van der Waals surface area contributed by atoms with Crippen molar-refractivity contribution in [2.45, 2.75) is 0 Å². The first-order valence-electron chi connectivity index (χ1n) is 3.05. The van der Waals surface area contributed by atoms with Gasteiger partial charge in [-0.3, -0.25) is 0 Å². The highest BCUT2D eigenvalue weighted by atomic mass is 79.9. The normalized spacial score (nSPS) is 8.73. The van der Waals surface area contributed by atoms with Crippen LogP contribution in [0.15, 0.2) is 22.9 Å². The second-order valence-electron chi connectivity index (χ2n) is 1.88. The molecular weight excluding hydrogens is 206 g/mol. The summed E-state index contributed by atoms with van der Waals surface area (Å²) >= 11 is 3.21. The SMILES string of the molecule is N#CCNc1ccc(Br)nc1. The van der Waals surface area contributed by atoms with Crippen LogP contribution in [-0.4, -0.2) is 11.5 Å². The highest BCUT2D eigenvalue weighted by molar-refractivity contribution is 9.10. The van der Waals surface area contributed by atoms with E-state index in [4.69, 9.17) is 5.26 Å². The molecular formula is C7H6BrN3. The van der Waals surface area contributed by atoms with Gasteiger partial charge >= 0.3 is 0 Å². The topological polar surface area (TPSA) is 48.7 Å². The molecule has 1 aromatic heterocycles. The van der Waals surface area contributed by atoms with Gasteiger partial charge in [-0.1, -0.05) is 0 Å². The quantitative estimate of drug-likeness (QED) is 0.600. The third kappa shape index (κ3) is 2.56. The molecule has 11 heavy (non-hydrogen) atoms. The van der Waals surface area contributed by atoms with Gasteiger partial charge in [0.25, 0.3) is 0 Å². The van der Waals surface area contributed by atoms with Gasteiger partial charge in [-0.25, -0.2) is 4.98 Å². The molecule has 0 fully saturated rings. The van der Waals surface area contributed by atoms with E-state index in [1.165, 1.54) is 0 Å². The minimum atomic E-state index is 0.309. The van der Waals surface area contributed by atoms with Crippen LogP contribution in [0.5, 0.6) is 0 Å². The molecule has 0 aliphatic carbocycles. The lowest BCUT2D eigenvalue weighted by atomic mass is 10.4. The van der Waals surface area contributed by atoms with E-state index in [2.05, 4.69) is 26.2 Å². The fraction of sp³-hybridized carbons (Fsp3) is 0.143. The second kappa shape index (κ2) is 3.94. The third-order valence-electron chi connectivity index (χ3n) is 1.10. The molecule has 4 heteroatoms. The van der Waals surface area contributed by atoms with E-state index >= 15 is 0 Å². The number of nitrogens with zero attached hydrogens (tertiary/aromatic N) is 2. The van der Waals surface area contributed by atoms with Crippen LogP contribution in [0.4, 0.5) is 5.69 Å². The van der Waals surface area contributed by atoms with Gasteiger partial charge in [0.1, 0.15) is 11.1 Å². The predicted octanol–water partition coefficient (Wildman–Crippen LogP) is 1.78. The summed E-state index contributed by atoms with van der Waals surface area (Å²) in [6, 6.07) is 5.65. The lowest BCUT2D eigenvalue weighted by molar-refractivity contribution is 1.24. The first kappa shape index (κ1) is 8.02. The molecule has 1 aromatic rings. The van der Waals surface area contributed by atoms with Crippen LogP contribution in [0, 0.1) is 11.3 Å². The smallest absolute Gasteiger partial charge is 0.106 e. The standard InChI is InChI=1S/C7H6BrN3/c8-7-2-1-6(5-11-7)10-4-3-9/h1-2,5,10H,4H2. The van der Waals surface area contributed by atoms with Crippen LogP contribution in [0.2, 0.25) is 0 Å². The van der Waals surface area contributed by atoms with Crippen LogP contribution in [-0.2, 0) is 0 Å². The fourth-order valence-electron chi connectivity index (χ4n) is 0.622. The maximum atomic E-state index is 8.24. The average molecular weight is 212 g/mol. The summed E-state index contributed by atoms with van der Waals surface area (Å²) in [7, 11) is 0. The Balaban J connectivity index is 2.60. The molecule has 0 aliphatic heterocycles. The molecule has 0 saturated heterocycles. The monoisotopic (exact) mass is 211 g/mol. The number of aromatic nitrogens is 1. The summed E-state index contributed by atoms with van der Waals surface area (Å²) in [5.41, 5.74) is 0.856. The number of nitrogens with one attached hydrogen (secondary N) is 1. The fourth-order valence-corrected chi connectivity index (χ4v) is 0.857. The van der Waals surface area contributed by atoms with Gasteiger partial charge in [-0.05, 0) is 28.1 Å². The molecule has 0 radical (unpaired) electrons. The Bertz CT molecular complexity index is 262. The molecule has 0 amide bonds. The van der Waals surface area contributed by atoms with Gasteiger partial charge in [0.2, 0.25) is 0 Å². The van der Waals surface area contributed by atoms with Gasteiger partial charge in [0, 0.05) is 0 Å². The minimum absolute atomic E-state index is 0.309. The summed E-state index contributed by atoms with van der Waals surface area (Å²) in [5, 5.41) is 11.1. The van der Waals surface area contributed by atoms with Crippen molar-refractivity contribution in [1.82, 2.24) is 4.98 Å². The number of nitriles is 1. The van der Waals surface area contributed by atoms with Crippen LogP contribution in [0.1, 0.15) is 0 Å². The summed E-state index contributed by atoms with van der Waals surface area (Å²) in [6.45, 7) is 0.309. The number of hydrogen-bond acceptors (Lipinski definition) is 3. The molecule has 0 atom stereocenters. The van der Waals surface area contributed by atoms with E-state index in [-0.39, 0.29) is 0 Å². The maximum Gasteiger partial charge on any atom is 0.106 e. The van der Waals surface area contributed by atoms with Crippen molar-refractivity contribution in [3.63, 3.8) is 0 Å². The zero-order chi connectivity index (χ0) is 8.10. The molecule has 1 N–H and O–H groups in total. The minimum Gasteiger partial charge on any atom is -0.371 e. The van der Waals surface area contributed by atoms with Crippen molar-refractivity contribution in [3.05, 3.63) is 22.9 Å². The van der Waals surface area contributed by atoms with E-state index < -0.39 is 0 Å². The molecule has 1 rings (SSSR count). The van der Waals surface area contributed by atoms with E-state index in [0.717, 1.165) is 10.3 Å². The van der Waals surface area contributed by atoms with E-state index in [1.54, 1.807) is 6.20 Å². The number of pyridine rings is 1. The second-order valence-corrected chi connectivity index (χ2v) is 2.69.